The lowest BCUT2D eigenvalue weighted by Gasteiger charge is -2.40. The second kappa shape index (κ2) is 4.97. The Kier molecular flexibility index (Phi) is 4.14. The summed E-state index contributed by atoms with van der Waals surface area (Å²) in [6.45, 7) is -0.590. The maximum atomic E-state index is 10.3. The van der Waals surface area contributed by atoms with Crippen LogP contribution in [-0.2, 0) is 9.53 Å². The van der Waals surface area contributed by atoms with E-state index in [0.29, 0.717) is 0 Å². The number of aliphatic hydroxyl groups is 5. The molecular formula is C8H14O7. The summed E-state index contributed by atoms with van der Waals surface area (Å²) in [6, 6.07) is 0. The third-order valence-electron chi connectivity index (χ3n) is 2.41. The molecular weight excluding hydrogens is 208 g/mol. The summed E-state index contributed by atoms with van der Waals surface area (Å²) in [5.41, 5.74) is 0. The standard InChI is InChI=1S/C8H14O7/c9-1-3(11)8-7(14)6(13)5(12)4(2-10)15-8/h1,3-8,10-14H,2H2/t3?,4-,5-,6+,7+,8?/m1/s1. The largest absolute Gasteiger partial charge is 0.394 e. The van der Waals surface area contributed by atoms with Gasteiger partial charge in [0.25, 0.3) is 0 Å². The Hall–Kier alpha value is -0.570. The van der Waals surface area contributed by atoms with Gasteiger partial charge in [-0.25, -0.2) is 0 Å². The number of hydrogen-bond donors (Lipinski definition) is 5. The highest BCUT2D eigenvalue weighted by Crippen LogP contribution is 2.22. The molecule has 1 rings (SSSR count). The van der Waals surface area contributed by atoms with E-state index in [0.717, 1.165) is 0 Å². The van der Waals surface area contributed by atoms with E-state index in [1.165, 1.54) is 0 Å². The van der Waals surface area contributed by atoms with Crippen LogP contribution < -0.4 is 0 Å². The Balaban J connectivity index is 2.78. The molecule has 0 aromatic heterocycles. The predicted octanol–water partition coefficient (Wildman–Crippen LogP) is -3.61. The van der Waals surface area contributed by atoms with Gasteiger partial charge in [-0.2, -0.15) is 0 Å². The smallest absolute Gasteiger partial charge is 0.151 e. The number of hydrogen-bond acceptors (Lipinski definition) is 7. The van der Waals surface area contributed by atoms with Gasteiger partial charge in [-0.05, 0) is 0 Å². The quantitative estimate of drug-likeness (QED) is 0.312. The number of carbonyl (C=O) groups excluding carboxylic acids is 1. The molecule has 0 bridgehead atoms. The van der Waals surface area contributed by atoms with Gasteiger partial charge in [0.1, 0.15) is 36.6 Å². The highest BCUT2D eigenvalue weighted by atomic mass is 16.6. The van der Waals surface area contributed by atoms with Crippen LogP contribution in [0.3, 0.4) is 0 Å². The SMILES string of the molecule is O=CC(O)C1O[C@H](CO)[C@@H](O)[C@H](O)[C@@H]1O. The van der Waals surface area contributed by atoms with Crippen molar-refractivity contribution < 1.29 is 35.1 Å². The zero-order chi connectivity index (χ0) is 11.6. The van der Waals surface area contributed by atoms with E-state index in [-0.39, 0.29) is 6.29 Å². The van der Waals surface area contributed by atoms with Gasteiger partial charge in [-0.3, -0.25) is 0 Å². The Morgan fingerprint density at radius 2 is 1.80 bits per heavy atom. The normalized spacial score (nSPS) is 43.7. The number of carbonyl (C=O) groups is 1. The maximum Gasteiger partial charge on any atom is 0.151 e. The van der Waals surface area contributed by atoms with Crippen LogP contribution in [0.4, 0.5) is 0 Å². The van der Waals surface area contributed by atoms with Gasteiger partial charge in [0.2, 0.25) is 0 Å². The summed E-state index contributed by atoms with van der Waals surface area (Å²) in [7, 11) is 0. The summed E-state index contributed by atoms with van der Waals surface area (Å²) in [5, 5.41) is 46.0. The molecule has 1 saturated heterocycles. The van der Waals surface area contributed by atoms with Crippen molar-refractivity contribution in [3.63, 3.8) is 0 Å². The third-order valence-corrected chi connectivity index (χ3v) is 2.41. The number of ether oxygens (including phenoxy) is 1. The molecule has 0 aromatic rings. The highest BCUT2D eigenvalue weighted by Gasteiger charge is 2.45. The van der Waals surface area contributed by atoms with E-state index >= 15 is 0 Å². The van der Waals surface area contributed by atoms with E-state index in [2.05, 4.69) is 0 Å². The highest BCUT2D eigenvalue weighted by molar-refractivity contribution is 5.56. The van der Waals surface area contributed by atoms with Crippen molar-refractivity contribution in [2.75, 3.05) is 6.61 Å². The average Bonchev–Trinajstić information content (AvgIpc) is 2.25. The fourth-order valence-electron chi connectivity index (χ4n) is 1.49. The van der Waals surface area contributed by atoms with Gasteiger partial charge in [0.05, 0.1) is 6.61 Å². The summed E-state index contributed by atoms with van der Waals surface area (Å²) >= 11 is 0. The average molecular weight is 222 g/mol. The van der Waals surface area contributed by atoms with Crippen molar-refractivity contribution >= 4 is 6.29 Å². The third kappa shape index (κ3) is 2.33. The summed E-state index contributed by atoms with van der Waals surface area (Å²) in [5.74, 6) is 0. The summed E-state index contributed by atoms with van der Waals surface area (Å²) in [4.78, 5) is 10.3. The van der Waals surface area contributed by atoms with Crippen molar-refractivity contribution in [3.8, 4) is 0 Å². The summed E-state index contributed by atoms with van der Waals surface area (Å²) in [6.07, 6.45) is -8.57. The van der Waals surface area contributed by atoms with Crippen molar-refractivity contribution in [1.29, 1.82) is 0 Å². The Morgan fingerprint density at radius 3 is 2.27 bits per heavy atom. The van der Waals surface area contributed by atoms with Gasteiger partial charge in [0.15, 0.2) is 6.29 Å². The van der Waals surface area contributed by atoms with Crippen LogP contribution in [0.5, 0.6) is 0 Å². The zero-order valence-corrected chi connectivity index (χ0v) is 7.80. The van der Waals surface area contributed by atoms with Crippen LogP contribution in [0.1, 0.15) is 0 Å². The van der Waals surface area contributed by atoms with Gasteiger partial charge in [-0.1, -0.05) is 0 Å². The van der Waals surface area contributed by atoms with Gasteiger partial charge in [0, 0.05) is 0 Å². The lowest BCUT2D eigenvalue weighted by atomic mass is 9.93. The second-order valence-corrected chi connectivity index (χ2v) is 3.42. The Labute approximate surface area is 85.5 Å². The minimum Gasteiger partial charge on any atom is -0.394 e. The molecule has 0 spiro atoms. The minimum absolute atomic E-state index is 0.146. The Morgan fingerprint density at radius 1 is 1.20 bits per heavy atom. The maximum absolute atomic E-state index is 10.3. The van der Waals surface area contributed by atoms with Crippen LogP contribution >= 0.6 is 0 Å². The first-order chi connectivity index (χ1) is 7.02. The molecule has 5 N–H and O–H groups in total. The predicted molar refractivity (Wildman–Crippen MR) is 45.8 cm³/mol. The molecule has 1 aliphatic rings. The first kappa shape index (κ1) is 12.5. The van der Waals surface area contributed by atoms with E-state index in [1.54, 1.807) is 0 Å². The second-order valence-electron chi connectivity index (χ2n) is 3.42. The van der Waals surface area contributed by atoms with Gasteiger partial charge < -0.3 is 35.1 Å². The lowest BCUT2D eigenvalue weighted by molar-refractivity contribution is -0.245. The number of aliphatic hydroxyl groups excluding tert-OH is 5. The fraction of sp³-hybridized carbons (Fsp3) is 0.875. The molecule has 88 valence electrons. The van der Waals surface area contributed by atoms with Crippen molar-refractivity contribution in [1.82, 2.24) is 0 Å². The van der Waals surface area contributed by atoms with Crippen molar-refractivity contribution in [3.05, 3.63) is 0 Å². The molecule has 2 unspecified atom stereocenters. The van der Waals surface area contributed by atoms with E-state index in [4.69, 9.17) is 14.9 Å². The van der Waals surface area contributed by atoms with Crippen LogP contribution in [0, 0.1) is 0 Å². The molecule has 0 saturated carbocycles. The van der Waals surface area contributed by atoms with Crippen molar-refractivity contribution in [2.45, 2.75) is 36.6 Å². The van der Waals surface area contributed by atoms with Crippen LogP contribution in [0.15, 0.2) is 0 Å². The number of aldehydes is 1. The minimum atomic E-state index is -1.61. The molecule has 1 heterocycles. The van der Waals surface area contributed by atoms with E-state index in [1.807, 2.05) is 0 Å². The number of rotatable bonds is 3. The molecule has 0 aromatic carbocycles. The molecule has 1 fully saturated rings. The van der Waals surface area contributed by atoms with Gasteiger partial charge >= 0.3 is 0 Å². The van der Waals surface area contributed by atoms with E-state index in [9.17, 15) is 20.1 Å². The van der Waals surface area contributed by atoms with E-state index < -0.39 is 43.2 Å². The topological polar surface area (TPSA) is 127 Å². The lowest BCUT2D eigenvalue weighted by Crippen LogP contribution is -2.61. The monoisotopic (exact) mass is 222 g/mol. The first-order valence-electron chi connectivity index (χ1n) is 4.46. The molecule has 7 heteroatoms. The fourth-order valence-corrected chi connectivity index (χ4v) is 1.49. The summed E-state index contributed by atoms with van der Waals surface area (Å²) < 4.78 is 4.89. The molecule has 6 atom stereocenters. The first-order valence-corrected chi connectivity index (χ1v) is 4.46. The Bertz CT molecular complexity index is 219. The molecule has 0 amide bonds. The molecule has 1 aliphatic heterocycles. The molecule has 7 nitrogen and oxygen atoms in total. The molecule has 0 radical (unpaired) electrons. The zero-order valence-electron chi connectivity index (χ0n) is 7.80. The van der Waals surface area contributed by atoms with Crippen LogP contribution in [0.2, 0.25) is 0 Å². The van der Waals surface area contributed by atoms with Gasteiger partial charge in [-0.15, -0.1) is 0 Å². The molecule has 0 aliphatic carbocycles. The van der Waals surface area contributed by atoms with Crippen LogP contribution in [-0.4, -0.2) is 75.0 Å². The molecule has 15 heavy (non-hydrogen) atoms. The van der Waals surface area contributed by atoms with Crippen molar-refractivity contribution in [2.24, 2.45) is 0 Å². The van der Waals surface area contributed by atoms with Crippen LogP contribution in [0.25, 0.3) is 0 Å².